The molecule has 3 aliphatic rings. The van der Waals surface area contributed by atoms with E-state index in [0.29, 0.717) is 30.1 Å². The predicted octanol–water partition coefficient (Wildman–Crippen LogP) is 4.03. The fourth-order valence-electron chi connectivity index (χ4n) is 4.89. The van der Waals surface area contributed by atoms with Crippen molar-refractivity contribution in [3.63, 3.8) is 0 Å². The smallest absolute Gasteiger partial charge is 0.137 e. The number of piperidine rings is 1. The topological polar surface area (TPSA) is 20.3 Å². The third-order valence-corrected chi connectivity index (χ3v) is 6.22. The Morgan fingerprint density at radius 1 is 1.23 bits per heavy atom. The molecule has 0 amide bonds. The number of aryl methyl sites for hydroxylation is 1. The van der Waals surface area contributed by atoms with Crippen molar-refractivity contribution < 1.29 is 4.79 Å². The number of hydrogen-bond donors (Lipinski definition) is 0. The molecule has 4 rings (SSSR count). The first-order chi connectivity index (χ1) is 10.5. The summed E-state index contributed by atoms with van der Waals surface area (Å²) < 4.78 is 0. The van der Waals surface area contributed by atoms with Gasteiger partial charge in [0.05, 0.1) is 0 Å². The lowest BCUT2D eigenvalue weighted by Gasteiger charge is -2.37. The van der Waals surface area contributed by atoms with Crippen molar-refractivity contribution in [3.05, 3.63) is 35.4 Å². The Bertz CT molecular complexity index is 535. The number of carbonyl (C=O) groups excluding carboxylic acids is 1. The Morgan fingerprint density at radius 2 is 1.91 bits per heavy atom. The summed E-state index contributed by atoms with van der Waals surface area (Å²) >= 11 is 0. The highest BCUT2D eigenvalue weighted by atomic mass is 16.1. The van der Waals surface area contributed by atoms with Gasteiger partial charge in [0.1, 0.15) is 5.78 Å². The monoisotopic (exact) mass is 299 g/mol. The molecule has 0 radical (unpaired) electrons. The van der Waals surface area contributed by atoms with Crippen molar-refractivity contribution in [2.24, 2.45) is 17.8 Å². The van der Waals surface area contributed by atoms with Gasteiger partial charge in [0.2, 0.25) is 0 Å². The average molecular weight is 299 g/mol. The van der Waals surface area contributed by atoms with Crippen LogP contribution >= 0.6 is 0 Å². The Balaban J connectivity index is 2.06. The summed E-state index contributed by atoms with van der Waals surface area (Å²) in [6.45, 7) is 7.69. The zero-order valence-corrected chi connectivity index (χ0v) is 14.4. The van der Waals surface area contributed by atoms with Crippen LogP contribution in [0.1, 0.15) is 50.2 Å². The average Bonchev–Trinajstić information content (AvgIpc) is 2.72. The first-order valence-electron chi connectivity index (χ1n) is 8.82. The van der Waals surface area contributed by atoms with E-state index < -0.39 is 0 Å². The van der Waals surface area contributed by atoms with Crippen LogP contribution < -0.4 is 0 Å². The van der Waals surface area contributed by atoms with E-state index in [1.165, 1.54) is 24.0 Å². The fourth-order valence-corrected chi connectivity index (χ4v) is 4.89. The first-order valence-corrected chi connectivity index (χ1v) is 8.82. The van der Waals surface area contributed by atoms with Gasteiger partial charge in [-0.15, -0.1) is 0 Å². The Kier molecular flexibility index (Phi) is 4.40. The van der Waals surface area contributed by atoms with Crippen molar-refractivity contribution in [2.45, 2.75) is 52.0 Å². The molecular formula is C20H29NO. The van der Waals surface area contributed by atoms with Crippen LogP contribution in [-0.2, 0) is 4.79 Å². The summed E-state index contributed by atoms with van der Waals surface area (Å²) in [7, 11) is 2.22. The maximum absolute atomic E-state index is 12.8. The van der Waals surface area contributed by atoms with Crippen LogP contribution in [0.15, 0.2) is 24.3 Å². The van der Waals surface area contributed by atoms with E-state index in [1.807, 2.05) is 6.92 Å². The number of Topliss-reactive ketones (excluding diaryl/α,β-unsaturated/α-hetero) is 1. The highest BCUT2D eigenvalue weighted by Gasteiger charge is 2.48. The number of carbonyl (C=O) groups is 1. The maximum Gasteiger partial charge on any atom is 0.137 e. The van der Waals surface area contributed by atoms with Crippen LogP contribution in [-0.4, -0.2) is 30.3 Å². The number of ketones is 1. The second kappa shape index (κ2) is 6.16. The number of fused-ring (bicyclic) bond motifs is 4. The van der Waals surface area contributed by atoms with Gasteiger partial charge in [0.15, 0.2) is 0 Å². The van der Waals surface area contributed by atoms with E-state index in [1.54, 1.807) is 0 Å². The molecule has 2 bridgehead atoms. The molecule has 1 aromatic rings. The molecule has 2 saturated heterocycles. The van der Waals surface area contributed by atoms with Gasteiger partial charge in [0, 0.05) is 24.9 Å². The lowest BCUT2D eigenvalue weighted by Crippen LogP contribution is -2.45. The minimum Gasteiger partial charge on any atom is -0.302 e. The summed E-state index contributed by atoms with van der Waals surface area (Å²) in [5.74, 6) is 2.31. The molecule has 120 valence electrons. The van der Waals surface area contributed by atoms with E-state index in [2.05, 4.69) is 50.1 Å². The van der Waals surface area contributed by atoms with Crippen molar-refractivity contribution >= 4 is 5.78 Å². The van der Waals surface area contributed by atoms with Crippen molar-refractivity contribution in [3.8, 4) is 0 Å². The van der Waals surface area contributed by atoms with Crippen molar-refractivity contribution in [2.75, 3.05) is 13.6 Å². The Morgan fingerprint density at radius 3 is 2.50 bits per heavy atom. The third-order valence-electron chi connectivity index (χ3n) is 6.22. The zero-order chi connectivity index (χ0) is 15.9. The molecule has 1 aliphatic carbocycles. The molecule has 2 aliphatic heterocycles. The summed E-state index contributed by atoms with van der Waals surface area (Å²) in [6.07, 6.45) is 3.13. The van der Waals surface area contributed by atoms with Crippen molar-refractivity contribution in [1.82, 2.24) is 4.90 Å². The summed E-state index contributed by atoms with van der Waals surface area (Å²) in [5, 5.41) is 0. The van der Waals surface area contributed by atoms with Crippen LogP contribution in [0.25, 0.3) is 0 Å². The molecular weight excluding hydrogens is 270 g/mol. The minimum atomic E-state index is 0.167. The second-order valence-electron chi connectivity index (χ2n) is 7.49. The zero-order valence-electron chi connectivity index (χ0n) is 14.4. The largest absolute Gasteiger partial charge is 0.302 e. The fraction of sp³-hybridized carbons (Fsp3) is 0.650. The highest BCUT2D eigenvalue weighted by Crippen LogP contribution is 2.48. The van der Waals surface area contributed by atoms with Crippen LogP contribution in [0.5, 0.6) is 0 Å². The lowest BCUT2D eigenvalue weighted by molar-refractivity contribution is -0.125. The molecule has 2 heteroatoms. The molecule has 2 unspecified atom stereocenters. The Hall–Kier alpha value is -1.15. The van der Waals surface area contributed by atoms with Gasteiger partial charge < -0.3 is 4.90 Å². The van der Waals surface area contributed by atoms with Crippen LogP contribution in [0.2, 0.25) is 0 Å². The predicted molar refractivity (Wildman–Crippen MR) is 91.0 cm³/mol. The van der Waals surface area contributed by atoms with E-state index in [4.69, 9.17) is 0 Å². The summed E-state index contributed by atoms with van der Waals surface area (Å²) in [5.41, 5.74) is 2.67. The molecule has 22 heavy (non-hydrogen) atoms. The van der Waals surface area contributed by atoms with Crippen molar-refractivity contribution in [1.29, 1.82) is 0 Å². The molecule has 1 saturated carbocycles. The molecule has 0 aromatic heterocycles. The van der Waals surface area contributed by atoms with Gasteiger partial charge in [-0.3, -0.25) is 4.79 Å². The molecule has 0 N–H and O–H groups in total. The number of hydrogen-bond acceptors (Lipinski definition) is 2. The van der Waals surface area contributed by atoms with Gasteiger partial charge in [-0.25, -0.2) is 0 Å². The van der Waals surface area contributed by atoms with Gasteiger partial charge in [0.25, 0.3) is 0 Å². The molecule has 1 aromatic carbocycles. The number of rotatable bonds is 3. The van der Waals surface area contributed by atoms with Gasteiger partial charge in [-0.2, -0.15) is 0 Å². The molecule has 3 fully saturated rings. The van der Waals surface area contributed by atoms with Gasteiger partial charge >= 0.3 is 0 Å². The highest BCUT2D eigenvalue weighted by molar-refractivity contribution is 5.82. The van der Waals surface area contributed by atoms with Gasteiger partial charge in [-0.1, -0.05) is 43.7 Å². The minimum absolute atomic E-state index is 0.167. The second-order valence-corrected chi connectivity index (χ2v) is 7.49. The van der Waals surface area contributed by atoms with E-state index in [0.717, 1.165) is 12.5 Å². The SMILES string of the molecule is CCC(=O)[C@H]1C2CCC(CN2C)[C@@H](C)[C@H]1c1ccc(C)cc1. The lowest BCUT2D eigenvalue weighted by atomic mass is 9.72. The molecule has 2 nitrogen and oxygen atoms in total. The maximum atomic E-state index is 12.8. The quantitative estimate of drug-likeness (QED) is 0.839. The molecule has 5 atom stereocenters. The van der Waals surface area contributed by atoms with Gasteiger partial charge in [-0.05, 0) is 50.1 Å². The number of benzene rings is 1. The first kappa shape index (κ1) is 15.7. The number of nitrogens with zero attached hydrogens (tertiary/aromatic N) is 1. The van der Waals surface area contributed by atoms with Crippen LogP contribution in [0, 0.1) is 24.7 Å². The molecule has 2 heterocycles. The standard InChI is InChI=1S/C20H29NO/c1-5-18(22)20-17-11-10-16(12-21(17)4)14(3)19(20)15-8-6-13(2)7-9-15/h6-9,14,16-17,19-20H,5,10-12H2,1-4H3/t14-,16?,17?,19+,20-/m1/s1. The van der Waals surface area contributed by atoms with E-state index >= 15 is 0 Å². The molecule has 0 spiro atoms. The summed E-state index contributed by atoms with van der Waals surface area (Å²) in [4.78, 5) is 15.3. The van der Waals surface area contributed by atoms with E-state index in [-0.39, 0.29) is 5.92 Å². The Labute approximate surface area is 134 Å². The third kappa shape index (κ3) is 2.62. The van der Waals surface area contributed by atoms with Crippen LogP contribution in [0.4, 0.5) is 0 Å². The summed E-state index contributed by atoms with van der Waals surface area (Å²) in [6, 6.07) is 9.35. The van der Waals surface area contributed by atoms with Crippen LogP contribution in [0.3, 0.4) is 0 Å². The normalized spacial score (nSPS) is 35.4. The van der Waals surface area contributed by atoms with E-state index in [9.17, 15) is 4.79 Å².